The molecule has 1 fully saturated rings. The van der Waals surface area contributed by atoms with Crippen LogP contribution >= 0.6 is 12.2 Å². The van der Waals surface area contributed by atoms with E-state index < -0.39 is 0 Å². The molecule has 0 saturated carbocycles. The third-order valence-corrected chi connectivity index (χ3v) is 3.75. The van der Waals surface area contributed by atoms with E-state index in [4.69, 9.17) is 21.7 Å². The molecule has 1 aliphatic heterocycles. The fourth-order valence-electron chi connectivity index (χ4n) is 2.28. The molecule has 2 rings (SSSR count). The number of hydrogen-bond acceptors (Lipinski definition) is 4. The van der Waals surface area contributed by atoms with Gasteiger partial charge in [-0.25, -0.2) is 4.79 Å². The number of methoxy groups -OCH3 is 1. The third-order valence-electron chi connectivity index (χ3n) is 3.50. The second-order valence-corrected chi connectivity index (χ2v) is 5.35. The number of esters is 1. The number of thiocarbonyl (C=S) groups is 1. The molecule has 0 unspecified atom stereocenters. The van der Waals surface area contributed by atoms with Crippen LogP contribution in [0.1, 0.15) is 28.8 Å². The second-order valence-electron chi connectivity index (χ2n) is 4.94. The highest BCUT2D eigenvalue weighted by Gasteiger charge is 2.16. The quantitative estimate of drug-likeness (QED) is 0.657. The largest absolute Gasteiger partial charge is 0.465 e. The summed E-state index contributed by atoms with van der Waals surface area (Å²) in [5.41, 5.74) is 2.14. The minimum absolute atomic E-state index is 0.229. The normalized spacial score (nSPS) is 17.3. The number of benzene rings is 1. The summed E-state index contributed by atoms with van der Waals surface area (Å²) >= 11 is 5.27. The first-order valence-electron chi connectivity index (χ1n) is 6.96. The summed E-state index contributed by atoms with van der Waals surface area (Å²) < 4.78 is 10.3. The van der Waals surface area contributed by atoms with Crippen molar-refractivity contribution in [3.63, 3.8) is 0 Å². The van der Waals surface area contributed by atoms with E-state index in [1.807, 2.05) is 13.0 Å². The number of carbonyl (C=O) groups is 1. The molecule has 1 heterocycles. The van der Waals surface area contributed by atoms with E-state index in [2.05, 4.69) is 10.6 Å². The molecule has 0 aromatic heterocycles. The van der Waals surface area contributed by atoms with Crippen LogP contribution in [-0.2, 0) is 9.47 Å². The lowest BCUT2D eigenvalue weighted by Crippen LogP contribution is -2.35. The number of rotatable bonds is 4. The Hall–Kier alpha value is -1.66. The maximum atomic E-state index is 11.7. The monoisotopic (exact) mass is 308 g/mol. The molecule has 6 heteroatoms. The van der Waals surface area contributed by atoms with Crippen LogP contribution in [0.5, 0.6) is 0 Å². The number of ether oxygens (including phenoxy) is 2. The molecule has 0 amide bonds. The lowest BCUT2D eigenvalue weighted by atomic mass is 10.1. The molecular weight excluding hydrogens is 288 g/mol. The van der Waals surface area contributed by atoms with Crippen LogP contribution in [0.2, 0.25) is 0 Å². The number of carbonyl (C=O) groups excluding carboxylic acids is 1. The van der Waals surface area contributed by atoms with Crippen LogP contribution in [-0.4, -0.2) is 37.4 Å². The van der Waals surface area contributed by atoms with Crippen LogP contribution in [0.15, 0.2) is 18.2 Å². The molecule has 1 aromatic rings. The van der Waals surface area contributed by atoms with Crippen LogP contribution in [0.4, 0.5) is 5.69 Å². The van der Waals surface area contributed by atoms with E-state index >= 15 is 0 Å². The minimum Gasteiger partial charge on any atom is -0.465 e. The fraction of sp³-hybridized carbons (Fsp3) is 0.467. The van der Waals surface area contributed by atoms with E-state index in [-0.39, 0.29) is 12.1 Å². The molecule has 1 atom stereocenters. The van der Waals surface area contributed by atoms with Crippen LogP contribution < -0.4 is 10.6 Å². The van der Waals surface area contributed by atoms with Gasteiger partial charge in [0, 0.05) is 18.8 Å². The smallest absolute Gasteiger partial charge is 0.338 e. The highest BCUT2D eigenvalue weighted by atomic mass is 32.1. The molecule has 5 nitrogen and oxygen atoms in total. The Morgan fingerprint density at radius 2 is 2.33 bits per heavy atom. The van der Waals surface area contributed by atoms with Crippen molar-refractivity contribution in [1.82, 2.24) is 5.32 Å². The van der Waals surface area contributed by atoms with Crippen molar-refractivity contribution >= 4 is 29.0 Å². The van der Waals surface area contributed by atoms with E-state index in [9.17, 15) is 4.79 Å². The van der Waals surface area contributed by atoms with Gasteiger partial charge in [-0.3, -0.25) is 0 Å². The average molecular weight is 308 g/mol. The highest BCUT2D eigenvalue weighted by Crippen LogP contribution is 2.19. The lowest BCUT2D eigenvalue weighted by Gasteiger charge is -2.16. The summed E-state index contributed by atoms with van der Waals surface area (Å²) in [6.07, 6.45) is 2.39. The summed E-state index contributed by atoms with van der Waals surface area (Å²) in [4.78, 5) is 11.7. The average Bonchev–Trinajstić information content (AvgIpc) is 3.00. The SMILES string of the molecule is COC(=O)c1cccc(NC(=S)NC[C@H]2CCCO2)c1C. The molecule has 1 aliphatic rings. The van der Waals surface area contributed by atoms with Gasteiger partial charge in [0.2, 0.25) is 0 Å². The third kappa shape index (κ3) is 4.15. The Bertz CT molecular complexity index is 528. The van der Waals surface area contributed by atoms with Crippen LogP contribution in [0.25, 0.3) is 0 Å². The number of nitrogens with one attached hydrogen (secondary N) is 2. The van der Waals surface area contributed by atoms with Gasteiger partial charge in [-0.2, -0.15) is 0 Å². The van der Waals surface area contributed by atoms with Gasteiger partial charge >= 0.3 is 5.97 Å². The minimum atomic E-state index is -0.352. The lowest BCUT2D eigenvalue weighted by molar-refractivity contribution is 0.0600. The van der Waals surface area contributed by atoms with Gasteiger partial charge < -0.3 is 20.1 Å². The van der Waals surface area contributed by atoms with Crippen molar-refractivity contribution < 1.29 is 14.3 Å². The van der Waals surface area contributed by atoms with Crippen molar-refractivity contribution in [2.75, 3.05) is 25.6 Å². The summed E-state index contributed by atoms with van der Waals surface area (Å²) in [5.74, 6) is -0.352. The molecule has 1 aromatic carbocycles. The van der Waals surface area contributed by atoms with Gasteiger partial charge in [-0.05, 0) is 49.7 Å². The van der Waals surface area contributed by atoms with Gasteiger partial charge in [0.15, 0.2) is 5.11 Å². The maximum absolute atomic E-state index is 11.7. The van der Waals surface area contributed by atoms with Gasteiger partial charge in [0.25, 0.3) is 0 Å². The van der Waals surface area contributed by atoms with Gasteiger partial charge in [0.05, 0.1) is 18.8 Å². The Kier molecular flexibility index (Phi) is 5.52. The van der Waals surface area contributed by atoms with Crippen LogP contribution in [0, 0.1) is 6.92 Å². The molecule has 0 aliphatic carbocycles. The van der Waals surface area contributed by atoms with Crippen molar-refractivity contribution in [3.8, 4) is 0 Å². The van der Waals surface area contributed by atoms with Crippen LogP contribution in [0.3, 0.4) is 0 Å². The van der Waals surface area contributed by atoms with E-state index in [1.54, 1.807) is 12.1 Å². The molecule has 114 valence electrons. The standard InChI is InChI=1S/C15H20N2O3S/c1-10-12(14(18)19-2)6-3-7-13(10)17-15(21)16-9-11-5-4-8-20-11/h3,6-7,11H,4-5,8-9H2,1-2H3,(H2,16,17,21)/t11-/m1/s1. The van der Waals surface area contributed by atoms with Gasteiger partial charge in [-0.1, -0.05) is 6.07 Å². The fourth-order valence-corrected chi connectivity index (χ4v) is 2.47. The Morgan fingerprint density at radius 1 is 1.52 bits per heavy atom. The van der Waals surface area contributed by atoms with Crippen molar-refractivity contribution in [2.24, 2.45) is 0 Å². The Morgan fingerprint density at radius 3 is 3.00 bits per heavy atom. The van der Waals surface area contributed by atoms with Crippen molar-refractivity contribution in [1.29, 1.82) is 0 Å². The zero-order chi connectivity index (χ0) is 15.2. The second kappa shape index (κ2) is 7.38. The maximum Gasteiger partial charge on any atom is 0.338 e. The molecule has 0 radical (unpaired) electrons. The first-order chi connectivity index (χ1) is 10.1. The zero-order valence-corrected chi connectivity index (χ0v) is 13.1. The van der Waals surface area contributed by atoms with Gasteiger partial charge in [0.1, 0.15) is 0 Å². The first-order valence-corrected chi connectivity index (χ1v) is 7.37. The molecule has 2 N–H and O–H groups in total. The Balaban J connectivity index is 1.95. The predicted octanol–water partition coefficient (Wildman–Crippen LogP) is 2.25. The van der Waals surface area contributed by atoms with Crippen molar-refractivity contribution in [2.45, 2.75) is 25.9 Å². The summed E-state index contributed by atoms with van der Waals surface area (Å²) in [5, 5.41) is 6.78. The van der Waals surface area contributed by atoms with E-state index in [0.29, 0.717) is 17.2 Å². The number of anilines is 1. The molecular formula is C15H20N2O3S. The molecule has 0 spiro atoms. The highest BCUT2D eigenvalue weighted by molar-refractivity contribution is 7.80. The zero-order valence-electron chi connectivity index (χ0n) is 12.3. The summed E-state index contributed by atoms with van der Waals surface area (Å²) in [7, 11) is 1.37. The van der Waals surface area contributed by atoms with Crippen molar-refractivity contribution in [3.05, 3.63) is 29.3 Å². The first kappa shape index (κ1) is 15.7. The van der Waals surface area contributed by atoms with Gasteiger partial charge in [-0.15, -0.1) is 0 Å². The topological polar surface area (TPSA) is 59.6 Å². The molecule has 0 bridgehead atoms. The predicted molar refractivity (Wildman–Crippen MR) is 85.7 cm³/mol. The molecule has 21 heavy (non-hydrogen) atoms. The summed E-state index contributed by atoms with van der Waals surface area (Å²) in [6, 6.07) is 5.40. The molecule has 1 saturated heterocycles. The number of hydrogen-bond donors (Lipinski definition) is 2. The Labute approximate surface area is 130 Å². The van der Waals surface area contributed by atoms with E-state index in [0.717, 1.165) is 30.7 Å². The van der Waals surface area contributed by atoms with E-state index in [1.165, 1.54) is 7.11 Å². The summed E-state index contributed by atoms with van der Waals surface area (Å²) in [6.45, 7) is 3.38.